The van der Waals surface area contributed by atoms with E-state index in [0.29, 0.717) is 12.5 Å². The first-order chi connectivity index (χ1) is 9.68. The highest BCUT2D eigenvalue weighted by atomic mass is 16.3. The molecule has 2 unspecified atom stereocenters. The number of nitrogens with zero attached hydrogens (tertiary/aromatic N) is 1. The van der Waals surface area contributed by atoms with E-state index in [2.05, 4.69) is 36.1 Å². The average molecular weight is 276 g/mol. The summed E-state index contributed by atoms with van der Waals surface area (Å²) in [5, 5.41) is 9.28. The quantitative estimate of drug-likeness (QED) is 0.803. The van der Waals surface area contributed by atoms with Crippen molar-refractivity contribution in [3.63, 3.8) is 0 Å². The van der Waals surface area contributed by atoms with Gasteiger partial charge in [0.25, 0.3) is 0 Å². The minimum absolute atomic E-state index is 0.262. The Bertz CT molecular complexity index is 395. The van der Waals surface area contributed by atoms with Crippen LogP contribution in [0.5, 0.6) is 0 Å². The van der Waals surface area contributed by atoms with Crippen LogP contribution in [0.4, 0.5) is 0 Å². The van der Waals surface area contributed by atoms with E-state index in [1.54, 1.807) is 0 Å². The number of unbranched alkanes of at least 4 members (excludes halogenated alkanes) is 1. The van der Waals surface area contributed by atoms with E-state index < -0.39 is 0 Å². The summed E-state index contributed by atoms with van der Waals surface area (Å²) in [6.45, 7) is 5.45. The maximum atomic E-state index is 9.28. The number of hydrogen-bond donors (Lipinski definition) is 2. The molecule has 0 saturated carbocycles. The third-order valence-corrected chi connectivity index (χ3v) is 4.46. The summed E-state index contributed by atoms with van der Waals surface area (Å²) in [6.07, 6.45) is 4.44. The Hall–Kier alpha value is -0.900. The monoisotopic (exact) mass is 276 g/mol. The van der Waals surface area contributed by atoms with E-state index in [9.17, 15) is 5.11 Å². The lowest BCUT2D eigenvalue weighted by Gasteiger charge is -2.34. The predicted molar refractivity (Wildman–Crippen MR) is 83.5 cm³/mol. The summed E-state index contributed by atoms with van der Waals surface area (Å²) in [5.74, 6) is 0.432. The zero-order valence-electron chi connectivity index (χ0n) is 12.6. The van der Waals surface area contributed by atoms with Gasteiger partial charge in [-0.25, -0.2) is 0 Å². The fourth-order valence-electron chi connectivity index (χ4n) is 3.18. The number of aliphatic hydroxyl groups is 1. The van der Waals surface area contributed by atoms with Gasteiger partial charge in [-0.15, -0.1) is 0 Å². The van der Waals surface area contributed by atoms with Crippen molar-refractivity contribution in [1.29, 1.82) is 0 Å². The molecule has 0 spiro atoms. The summed E-state index contributed by atoms with van der Waals surface area (Å²) in [7, 11) is 0. The van der Waals surface area contributed by atoms with Gasteiger partial charge in [-0.05, 0) is 30.9 Å². The third kappa shape index (κ3) is 3.81. The molecule has 1 fully saturated rings. The van der Waals surface area contributed by atoms with Crippen LogP contribution >= 0.6 is 0 Å². The van der Waals surface area contributed by atoms with Crippen molar-refractivity contribution in [2.24, 2.45) is 11.7 Å². The van der Waals surface area contributed by atoms with E-state index >= 15 is 0 Å². The molecule has 3 N–H and O–H groups in total. The van der Waals surface area contributed by atoms with Gasteiger partial charge in [0.15, 0.2) is 0 Å². The molecule has 1 aromatic rings. The van der Waals surface area contributed by atoms with Gasteiger partial charge in [0.05, 0.1) is 5.54 Å². The molecule has 1 aliphatic rings. The predicted octanol–water partition coefficient (Wildman–Crippen LogP) is 2.35. The lowest BCUT2D eigenvalue weighted by Crippen LogP contribution is -2.47. The molecule has 2 rings (SSSR count). The molecule has 3 heteroatoms. The Morgan fingerprint density at radius 3 is 2.70 bits per heavy atom. The van der Waals surface area contributed by atoms with Crippen LogP contribution in [0.1, 0.15) is 38.2 Å². The number of benzene rings is 1. The van der Waals surface area contributed by atoms with Gasteiger partial charge in [-0.1, -0.05) is 50.1 Å². The van der Waals surface area contributed by atoms with Crippen molar-refractivity contribution < 1.29 is 5.11 Å². The van der Waals surface area contributed by atoms with Crippen molar-refractivity contribution >= 4 is 0 Å². The van der Waals surface area contributed by atoms with Gasteiger partial charge in [-0.3, -0.25) is 0 Å². The fourth-order valence-corrected chi connectivity index (χ4v) is 3.18. The molecule has 3 nitrogen and oxygen atoms in total. The summed E-state index contributed by atoms with van der Waals surface area (Å²) in [5.41, 5.74) is 7.74. The molecule has 0 aliphatic carbocycles. The Morgan fingerprint density at radius 1 is 1.35 bits per heavy atom. The van der Waals surface area contributed by atoms with Crippen molar-refractivity contribution in [3.8, 4) is 0 Å². The zero-order chi connectivity index (χ0) is 14.4. The first-order valence-corrected chi connectivity index (χ1v) is 7.85. The van der Waals surface area contributed by atoms with E-state index in [1.165, 1.54) is 12.0 Å². The molecular weight excluding hydrogens is 248 g/mol. The van der Waals surface area contributed by atoms with Gasteiger partial charge in [0.1, 0.15) is 0 Å². The minimum Gasteiger partial charge on any atom is -0.396 e. The number of nitrogens with two attached hydrogens (primary N) is 1. The van der Waals surface area contributed by atoms with Crippen LogP contribution in [0, 0.1) is 5.92 Å². The molecule has 20 heavy (non-hydrogen) atoms. The van der Waals surface area contributed by atoms with Gasteiger partial charge in [0, 0.05) is 19.7 Å². The van der Waals surface area contributed by atoms with Crippen molar-refractivity contribution in [3.05, 3.63) is 35.9 Å². The van der Waals surface area contributed by atoms with Gasteiger partial charge >= 0.3 is 0 Å². The van der Waals surface area contributed by atoms with Gasteiger partial charge < -0.3 is 15.7 Å². The lowest BCUT2D eigenvalue weighted by atomic mass is 9.85. The highest BCUT2D eigenvalue weighted by Gasteiger charge is 2.32. The molecule has 0 aromatic heterocycles. The second kappa shape index (κ2) is 7.21. The molecular formula is C17H28N2O. The second-order valence-corrected chi connectivity index (χ2v) is 6.20. The highest BCUT2D eigenvalue weighted by Crippen LogP contribution is 2.28. The summed E-state index contributed by atoms with van der Waals surface area (Å²) in [4.78, 5) is 2.42. The summed E-state index contributed by atoms with van der Waals surface area (Å²) in [6, 6.07) is 10.5. The maximum absolute atomic E-state index is 9.28. The Morgan fingerprint density at radius 2 is 2.10 bits per heavy atom. The van der Waals surface area contributed by atoms with Crippen LogP contribution in [0.25, 0.3) is 0 Å². The molecule has 0 bridgehead atoms. The van der Waals surface area contributed by atoms with Crippen LogP contribution in [0.15, 0.2) is 30.3 Å². The molecule has 0 radical (unpaired) electrons. The third-order valence-electron chi connectivity index (χ3n) is 4.46. The normalized spacial score (nSPS) is 22.9. The zero-order valence-corrected chi connectivity index (χ0v) is 12.6. The minimum atomic E-state index is -0.262. The van der Waals surface area contributed by atoms with Crippen molar-refractivity contribution in [2.75, 3.05) is 26.2 Å². The Kier molecular flexibility index (Phi) is 5.58. The van der Waals surface area contributed by atoms with Crippen LogP contribution in [-0.4, -0.2) is 36.2 Å². The number of aliphatic hydroxyl groups excluding tert-OH is 1. The van der Waals surface area contributed by atoms with Crippen LogP contribution < -0.4 is 5.73 Å². The number of hydrogen-bond acceptors (Lipinski definition) is 3. The first kappa shape index (κ1) is 15.5. The molecule has 0 amide bonds. The number of rotatable bonds is 7. The van der Waals surface area contributed by atoms with Gasteiger partial charge in [0.2, 0.25) is 0 Å². The van der Waals surface area contributed by atoms with E-state index in [-0.39, 0.29) is 5.54 Å². The largest absolute Gasteiger partial charge is 0.396 e. The average Bonchev–Trinajstić information content (AvgIpc) is 2.93. The second-order valence-electron chi connectivity index (χ2n) is 6.20. The van der Waals surface area contributed by atoms with Gasteiger partial charge in [-0.2, -0.15) is 0 Å². The molecule has 1 saturated heterocycles. The molecule has 1 aromatic carbocycles. The lowest BCUT2D eigenvalue weighted by molar-refractivity contribution is 0.198. The molecule has 1 heterocycles. The number of likely N-dealkylation sites (tertiary alicyclic amines) is 1. The van der Waals surface area contributed by atoms with Crippen LogP contribution in [0.3, 0.4) is 0 Å². The standard InChI is InChI=1S/C17H28N2O/c1-2-3-10-17(18,16-7-5-4-6-8-16)14-19-11-9-15(12-19)13-20/h4-8,15,20H,2-3,9-14,18H2,1H3. The molecule has 112 valence electrons. The van der Waals surface area contributed by atoms with Crippen molar-refractivity contribution in [2.45, 2.75) is 38.1 Å². The van der Waals surface area contributed by atoms with Crippen LogP contribution in [0.2, 0.25) is 0 Å². The van der Waals surface area contributed by atoms with E-state index in [4.69, 9.17) is 5.73 Å². The molecule has 2 atom stereocenters. The Balaban J connectivity index is 2.07. The SMILES string of the molecule is CCCCC(N)(CN1CCC(CO)C1)c1ccccc1. The topological polar surface area (TPSA) is 49.5 Å². The first-order valence-electron chi connectivity index (χ1n) is 7.85. The summed E-state index contributed by atoms with van der Waals surface area (Å²) < 4.78 is 0. The Labute approximate surface area is 122 Å². The summed E-state index contributed by atoms with van der Waals surface area (Å²) >= 11 is 0. The van der Waals surface area contributed by atoms with E-state index in [0.717, 1.165) is 38.9 Å². The molecule has 1 aliphatic heterocycles. The van der Waals surface area contributed by atoms with Crippen molar-refractivity contribution in [1.82, 2.24) is 4.90 Å². The van der Waals surface area contributed by atoms with E-state index in [1.807, 2.05) is 6.07 Å². The maximum Gasteiger partial charge on any atom is 0.0538 e. The highest BCUT2D eigenvalue weighted by molar-refractivity contribution is 5.24. The van der Waals surface area contributed by atoms with Crippen LogP contribution in [-0.2, 0) is 5.54 Å². The smallest absolute Gasteiger partial charge is 0.0538 e. The fraction of sp³-hybridized carbons (Fsp3) is 0.647.